The van der Waals surface area contributed by atoms with E-state index in [-0.39, 0.29) is 11.3 Å². The number of carbonyl (C=O) groups is 1. The van der Waals surface area contributed by atoms with E-state index in [4.69, 9.17) is 5.26 Å². The number of nitrogens with zero attached hydrogens (tertiary/aromatic N) is 2. The van der Waals surface area contributed by atoms with Gasteiger partial charge in [-0.25, -0.2) is 4.39 Å². The zero-order valence-corrected chi connectivity index (χ0v) is 12.2. The number of nitrogens with one attached hydrogen (secondary N) is 2. The van der Waals surface area contributed by atoms with Crippen molar-refractivity contribution in [2.75, 3.05) is 10.6 Å². The Morgan fingerprint density at radius 1 is 1.12 bits per heavy atom. The van der Waals surface area contributed by atoms with Gasteiger partial charge in [0.05, 0.1) is 4.92 Å². The number of carbonyl (C=O) groups excluding carboxylic acids is 1. The number of anilines is 2. The summed E-state index contributed by atoms with van der Waals surface area (Å²) >= 11 is 0. The SMILES string of the molecule is N#C/C(=C/Nc1ccc([N+](=O)[O-])cc1)C(=O)Nc1ccc(F)cc1. The highest BCUT2D eigenvalue weighted by atomic mass is 19.1. The summed E-state index contributed by atoms with van der Waals surface area (Å²) in [6.45, 7) is 0. The number of rotatable bonds is 5. The number of hydrogen-bond acceptors (Lipinski definition) is 5. The fraction of sp³-hybridized carbons (Fsp3) is 0. The van der Waals surface area contributed by atoms with Crippen LogP contribution in [-0.2, 0) is 4.79 Å². The smallest absolute Gasteiger partial charge is 0.269 e. The maximum atomic E-state index is 12.8. The average molecular weight is 326 g/mol. The standard InChI is InChI=1S/C16H11FN4O3/c17-12-1-3-14(4-2-12)20-16(22)11(9-18)10-19-13-5-7-15(8-6-13)21(23)24/h1-8,10,19H,(H,20,22)/b11-10-. The number of halogens is 1. The Hall–Kier alpha value is -3.73. The summed E-state index contributed by atoms with van der Waals surface area (Å²) in [6, 6.07) is 12.3. The second-order valence-electron chi connectivity index (χ2n) is 4.58. The topological polar surface area (TPSA) is 108 Å². The molecule has 2 N–H and O–H groups in total. The van der Waals surface area contributed by atoms with Crippen LogP contribution in [0.3, 0.4) is 0 Å². The largest absolute Gasteiger partial charge is 0.360 e. The van der Waals surface area contributed by atoms with Crippen LogP contribution < -0.4 is 10.6 Å². The van der Waals surface area contributed by atoms with E-state index in [1.807, 2.05) is 0 Å². The number of nitro benzene ring substituents is 1. The Bertz CT molecular complexity index is 824. The Balaban J connectivity index is 2.05. The molecule has 0 aromatic heterocycles. The first-order valence-corrected chi connectivity index (χ1v) is 6.68. The lowest BCUT2D eigenvalue weighted by Crippen LogP contribution is -2.14. The highest BCUT2D eigenvalue weighted by Crippen LogP contribution is 2.16. The van der Waals surface area contributed by atoms with E-state index < -0.39 is 16.6 Å². The monoisotopic (exact) mass is 326 g/mol. The Kier molecular flexibility index (Phi) is 5.20. The summed E-state index contributed by atoms with van der Waals surface area (Å²) < 4.78 is 12.8. The average Bonchev–Trinajstić information content (AvgIpc) is 2.58. The lowest BCUT2D eigenvalue weighted by molar-refractivity contribution is -0.384. The van der Waals surface area contributed by atoms with Crippen LogP contribution in [0, 0.1) is 27.3 Å². The predicted molar refractivity (Wildman–Crippen MR) is 85.4 cm³/mol. The molecule has 0 saturated carbocycles. The van der Waals surface area contributed by atoms with Gasteiger partial charge < -0.3 is 10.6 Å². The third kappa shape index (κ3) is 4.38. The van der Waals surface area contributed by atoms with Crippen LogP contribution in [0.25, 0.3) is 0 Å². The van der Waals surface area contributed by atoms with Gasteiger partial charge in [-0.3, -0.25) is 14.9 Å². The fourth-order valence-electron chi connectivity index (χ4n) is 1.72. The van der Waals surface area contributed by atoms with E-state index in [0.717, 1.165) is 0 Å². The molecule has 0 fully saturated rings. The summed E-state index contributed by atoms with van der Waals surface area (Å²) in [5.74, 6) is -1.11. The molecule has 0 atom stereocenters. The molecule has 2 rings (SSSR count). The maximum absolute atomic E-state index is 12.8. The third-order valence-corrected chi connectivity index (χ3v) is 2.93. The van der Waals surface area contributed by atoms with Gasteiger partial charge in [-0.15, -0.1) is 0 Å². The van der Waals surface area contributed by atoms with Crippen molar-refractivity contribution in [1.29, 1.82) is 5.26 Å². The molecule has 0 saturated heterocycles. The molecule has 7 nitrogen and oxygen atoms in total. The van der Waals surface area contributed by atoms with Crippen molar-refractivity contribution in [1.82, 2.24) is 0 Å². The van der Waals surface area contributed by atoms with Crippen molar-refractivity contribution in [3.63, 3.8) is 0 Å². The Morgan fingerprint density at radius 2 is 1.71 bits per heavy atom. The lowest BCUT2D eigenvalue weighted by atomic mass is 10.2. The normalized spacial score (nSPS) is 10.6. The molecule has 0 aliphatic carbocycles. The Labute approximate surface area is 136 Å². The molecule has 0 radical (unpaired) electrons. The van der Waals surface area contributed by atoms with Gasteiger partial charge in [-0.05, 0) is 36.4 Å². The molecule has 0 spiro atoms. The van der Waals surface area contributed by atoms with Crippen molar-refractivity contribution < 1.29 is 14.1 Å². The predicted octanol–water partition coefficient (Wildman–Crippen LogP) is 3.19. The molecule has 0 heterocycles. The molecule has 0 unspecified atom stereocenters. The van der Waals surface area contributed by atoms with Gasteiger partial charge in [0.2, 0.25) is 0 Å². The number of nitro groups is 1. The van der Waals surface area contributed by atoms with Crippen molar-refractivity contribution >= 4 is 23.0 Å². The van der Waals surface area contributed by atoms with Gasteiger partial charge in [-0.2, -0.15) is 5.26 Å². The van der Waals surface area contributed by atoms with Gasteiger partial charge >= 0.3 is 0 Å². The minimum absolute atomic E-state index is 0.0703. The molecule has 1 amide bonds. The van der Waals surface area contributed by atoms with E-state index in [0.29, 0.717) is 11.4 Å². The molecule has 2 aromatic carbocycles. The van der Waals surface area contributed by atoms with Crippen molar-refractivity contribution in [3.05, 3.63) is 76.2 Å². The summed E-state index contributed by atoms with van der Waals surface area (Å²) in [6.07, 6.45) is 1.18. The molecule has 0 bridgehead atoms. The van der Waals surface area contributed by atoms with E-state index in [2.05, 4.69) is 10.6 Å². The van der Waals surface area contributed by atoms with Crippen molar-refractivity contribution in [2.24, 2.45) is 0 Å². The molecular weight excluding hydrogens is 315 g/mol. The number of amides is 1. The van der Waals surface area contributed by atoms with Crippen LogP contribution in [0.15, 0.2) is 60.3 Å². The van der Waals surface area contributed by atoms with Gasteiger partial charge in [-0.1, -0.05) is 0 Å². The van der Waals surface area contributed by atoms with Crippen molar-refractivity contribution in [2.45, 2.75) is 0 Å². The number of nitriles is 1. The van der Waals surface area contributed by atoms with E-state index in [1.54, 1.807) is 6.07 Å². The van der Waals surface area contributed by atoms with Gasteiger partial charge in [0.25, 0.3) is 11.6 Å². The van der Waals surface area contributed by atoms with E-state index in [9.17, 15) is 19.3 Å². The second-order valence-corrected chi connectivity index (χ2v) is 4.58. The number of non-ortho nitro benzene ring substituents is 1. The zero-order valence-electron chi connectivity index (χ0n) is 12.2. The molecule has 2 aromatic rings. The lowest BCUT2D eigenvalue weighted by Gasteiger charge is -2.05. The first-order valence-electron chi connectivity index (χ1n) is 6.68. The first kappa shape index (κ1) is 16.6. The van der Waals surface area contributed by atoms with Crippen molar-refractivity contribution in [3.8, 4) is 6.07 Å². The van der Waals surface area contributed by atoms with E-state index in [1.165, 1.54) is 54.7 Å². The molecular formula is C16H11FN4O3. The van der Waals surface area contributed by atoms with E-state index >= 15 is 0 Å². The zero-order chi connectivity index (χ0) is 17.5. The van der Waals surface area contributed by atoms with Gasteiger partial charge in [0.15, 0.2) is 0 Å². The van der Waals surface area contributed by atoms with Crippen LogP contribution in [-0.4, -0.2) is 10.8 Å². The highest BCUT2D eigenvalue weighted by Gasteiger charge is 2.09. The summed E-state index contributed by atoms with van der Waals surface area (Å²) in [7, 11) is 0. The quantitative estimate of drug-likeness (QED) is 0.380. The van der Waals surface area contributed by atoms with Gasteiger partial charge in [0, 0.05) is 29.7 Å². The molecule has 24 heavy (non-hydrogen) atoms. The van der Waals surface area contributed by atoms with Crippen LogP contribution in [0.1, 0.15) is 0 Å². The number of hydrogen-bond donors (Lipinski definition) is 2. The molecule has 120 valence electrons. The first-order chi connectivity index (χ1) is 11.5. The minimum atomic E-state index is -0.668. The molecule has 0 aliphatic rings. The summed E-state index contributed by atoms with van der Waals surface area (Å²) in [5, 5.41) is 24.8. The molecule has 0 aliphatic heterocycles. The maximum Gasteiger partial charge on any atom is 0.269 e. The van der Waals surface area contributed by atoms with Gasteiger partial charge in [0.1, 0.15) is 17.5 Å². The fourth-order valence-corrected chi connectivity index (χ4v) is 1.72. The summed E-state index contributed by atoms with van der Waals surface area (Å²) in [4.78, 5) is 22.0. The minimum Gasteiger partial charge on any atom is -0.360 e. The van der Waals surface area contributed by atoms with Crippen LogP contribution in [0.2, 0.25) is 0 Å². The van der Waals surface area contributed by atoms with Crippen LogP contribution in [0.5, 0.6) is 0 Å². The number of benzene rings is 2. The Morgan fingerprint density at radius 3 is 2.25 bits per heavy atom. The van der Waals surface area contributed by atoms with Crippen LogP contribution in [0.4, 0.5) is 21.5 Å². The third-order valence-electron chi connectivity index (χ3n) is 2.93. The van der Waals surface area contributed by atoms with Crippen LogP contribution >= 0.6 is 0 Å². The molecule has 8 heteroatoms. The highest BCUT2D eigenvalue weighted by molar-refractivity contribution is 6.06. The summed E-state index contributed by atoms with van der Waals surface area (Å²) in [5.41, 5.74) is 0.539. The second kappa shape index (κ2) is 7.51.